The zero-order chi connectivity index (χ0) is 13.8. The number of hydrogen-bond donors (Lipinski definition) is 0. The van der Waals surface area contributed by atoms with Gasteiger partial charge in [0.1, 0.15) is 0 Å². The number of oxazole rings is 1. The number of benzene rings is 1. The molecule has 0 aliphatic heterocycles. The van der Waals surface area contributed by atoms with Crippen LogP contribution < -0.4 is 5.76 Å². The third kappa shape index (κ3) is 3.91. The van der Waals surface area contributed by atoms with E-state index in [0.717, 1.165) is 24.4 Å². The fraction of sp³-hybridized carbons (Fsp3) is 0.588. The summed E-state index contributed by atoms with van der Waals surface area (Å²) in [4.78, 5) is 11.8. The van der Waals surface area contributed by atoms with Crippen LogP contribution in [0.25, 0.3) is 11.1 Å². The van der Waals surface area contributed by atoms with E-state index in [4.69, 9.17) is 4.42 Å². The Morgan fingerprint density at radius 2 is 1.86 bits per heavy atom. The summed E-state index contributed by atoms with van der Waals surface area (Å²) in [6, 6.07) is 7.67. The van der Waals surface area contributed by atoms with Crippen LogP contribution in [0, 0.1) is 5.92 Å². The first kappa shape index (κ1) is 16.2. The van der Waals surface area contributed by atoms with E-state index < -0.39 is 0 Å². The summed E-state index contributed by atoms with van der Waals surface area (Å²) in [5.74, 6) is 0.713. The highest BCUT2D eigenvalue weighted by Gasteiger charge is 2.13. The van der Waals surface area contributed by atoms with Gasteiger partial charge in [0.05, 0.1) is 5.52 Å². The SMILES string of the molecule is Cl.O=c1oc2ccccc2n1CCCCC1CCCCC1. The van der Waals surface area contributed by atoms with Gasteiger partial charge in [-0.25, -0.2) is 4.79 Å². The predicted molar refractivity (Wildman–Crippen MR) is 88.1 cm³/mol. The van der Waals surface area contributed by atoms with E-state index in [1.807, 2.05) is 24.3 Å². The van der Waals surface area contributed by atoms with Gasteiger partial charge in [-0.05, 0) is 24.5 Å². The first-order chi connectivity index (χ1) is 9.84. The maximum atomic E-state index is 11.8. The molecule has 0 saturated heterocycles. The minimum absolute atomic E-state index is 0. The van der Waals surface area contributed by atoms with Crippen molar-refractivity contribution in [3.63, 3.8) is 0 Å². The summed E-state index contributed by atoms with van der Waals surface area (Å²) < 4.78 is 7.03. The van der Waals surface area contributed by atoms with Crippen molar-refractivity contribution in [2.45, 2.75) is 57.9 Å². The molecule has 1 fully saturated rings. The van der Waals surface area contributed by atoms with E-state index >= 15 is 0 Å². The Kier molecular flexibility index (Phi) is 5.92. The molecular weight excluding hydrogens is 286 g/mol. The lowest BCUT2D eigenvalue weighted by Crippen LogP contribution is -2.14. The standard InChI is InChI=1S/C17H23NO2.ClH/c19-17-18(15-11-4-5-12-16(15)20-17)13-7-6-10-14-8-2-1-3-9-14;/h4-5,11-12,14H,1-3,6-10,13H2;1H. The number of hydrogen-bond acceptors (Lipinski definition) is 2. The highest BCUT2D eigenvalue weighted by Crippen LogP contribution is 2.27. The minimum atomic E-state index is -0.219. The van der Waals surface area contributed by atoms with Gasteiger partial charge in [-0.15, -0.1) is 12.4 Å². The van der Waals surface area contributed by atoms with Gasteiger partial charge in [0.15, 0.2) is 5.58 Å². The fourth-order valence-corrected chi connectivity index (χ4v) is 3.40. The monoisotopic (exact) mass is 309 g/mol. The van der Waals surface area contributed by atoms with Gasteiger partial charge in [0.25, 0.3) is 0 Å². The van der Waals surface area contributed by atoms with Gasteiger partial charge in [-0.2, -0.15) is 0 Å². The van der Waals surface area contributed by atoms with E-state index in [0.29, 0.717) is 5.58 Å². The number of nitrogens with zero attached hydrogens (tertiary/aromatic N) is 1. The minimum Gasteiger partial charge on any atom is -0.408 e. The number of aryl methyl sites for hydroxylation is 1. The maximum Gasteiger partial charge on any atom is 0.419 e. The average Bonchev–Trinajstić information content (AvgIpc) is 2.80. The van der Waals surface area contributed by atoms with Gasteiger partial charge >= 0.3 is 5.76 Å². The highest BCUT2D eigenvalue weighted by molar-refractivity contribution is 5.85. The van der Waals surface area contributed by atoms with Gasteiger partial charge < -0.3 is 4.42 Å². The molecule has 116 valence electrons. The zero-order valence-corrected chi connectivity index (χ0v) is 13.2. The largest absolute Gasteiger partial charge is 0.419 e. The number of aromatic nitrogens is 1. The molecule has 0 amide bonds. The molecule has 1 aliphatic rings. The summed E-state index contributed by atoms with van der Waals surface area (Å²) in [6.45, 7) is 0.780. The molecule has 21 heavy (non-hydrogen) atoms. The molecule has 3 nitrogen and oxygen atoms in total. The van der Waals surface area contributed by atoms with Crippen molar-refractivity contribution >= 4 is 23.5 Å². The Balaban J connectivity index is 0.00000161. The molecule has 0 unspecified atom stereocenters. The lowest BCUT2D eigenvalue weighted by atomic mass is 9.86. The van der Waals surface area contributed by atoms with Crippen molar-refractivity contribution < 1.29 is 4.42 Å². The van der Waals surface area contributed by atoms with E-state index in [1.54, 1.807) is 4.57 Å². The van der Waals surface area contributed by atoms with Gasteiger partial charge in [0, 0.05) is 6.54 Å². The van der Waals surface area contributed by atoms with Crippen LogP contribution in [-0.2, 0) is 6.54 Å². The molecule has 1 saturated carbocycles. The van der Waals surface area contributed by atoms with E-state index in [-0.39, 0.29) is 18.2 Å². The van der Waals surface area contributed by atoms with E-state index in [9.17, 15) is 4.79 Å². The Bertz CT molecular complexity index is 611. The van der Waals surface area contributed by atoms with Crippen molar-refractivity contribution in [2.24, 2.45) is 5.92 Å². The van der Waals surface area contributed by atoms with Crippen LogP contribution in [-0.4, -0.2) is 4.57 Å². The number of halogens is 1. The number of para-hydroxylation sites is 2. The molecule has 3 rings (SSSR count). The highest BCUT2D eigenvalue weighted by atomic mass is 35.5. The molecular formula is C17H24ClNO2. The van der Waals surface area contributed by atoms with Crippen molar-refractivity contribution in [2.75, 3.05) is 0 Å². The summed E-state index contributed by atoms with van der Waals surface area (Å²) in [6.07, 6.45) is 10.7. The second-order valence-electron chi connectivity index (χ2n) is 5.99. The summed E-state index contributed by atoms with van der Waals surface area (Å²) in [5.41, 5.74) is 1.62. The molecule has 2 aromatic rings. The van der Waals surface area contributed by atoms with Gasteiger partial charge in [0.2, 0.25) is 0 Å². The number of fused-ring (bicyclic) bond motifs is 1. The Morgan fingerprint density at radius 1 is 1.10 bits per heavy atom. The van der Waals surface area contributed by atoms with E-state index in [1.165, 1.54) is 44.9 Å². The van der Waals surface area contributed by atoms with Crippen LogP contribution in [0.5, 0.6) is 0 Å². The lowest BCUT2D eigenvalue weighted by molar-refractivity contribution is 0.326. The van der Waals surface area contributed by atoms with Crippen LogP contribution in [0.4, 0.5) is 0 Å². The number of rotatable bonds is 5. The van der Waals surface area contributed by atoms with Crippen LogP contribution in [0.2, 0.25) is 0 Å². The molecule has 0 atom stereocenters. The Hall–Kier alpha value is -1.22. The molecule has 1 heterocycles. The number of unbranched alkanes of at least 4 members (excludes halogenated alkanes) is 1. The Morgan fingerprint density at radius 3 is 2.67 bits per heavy atom. The van der Waals surface area contributed by atoms with Crippen LogP contribution >= 0.6 is 12.4 Å². The van der Waals surface area contributed by atoms with Gasteiger partial charge in [-0.3, -0.25) is 4.57 Å². The van der Waals surface area contributed by atoms with Crippen molar-refractivity contribution in [3.05, 3.63) is 34.8 Å². The van der Waals surface area contributed by atoms with Crippen molar-refractivity contribution in [3.8, 4) is 0 Å². The second kappa shape index (κ2) is 7.69. The van der Waals surface area contributed by atoms with Crippen molar-refractivity contribution in [1.29, 1.82) is 0 Å². The molecule has 1 aromatic heterocycles. The van der Waals surface area contributed by atoms with Crippen molar-refractivity contribution in [1.82, 2.24) is 4.57 Å². The maximum absolute atomic E-state index is 11.8. The average molecular weight is 310 g/mol. The molecule has 0 N–H and O–H groups in total. The quantitative estimate of drug-likeness (QED) is 0.746. The third-order valence-electron chi connectivity index (χ3n) is 4.54. The normalized spacial score (nSPS) is 16.0. The predicted octanol–water partition coefficient (Wildman–Crippen LogP) is 4.77. The second-order valence-corrected chi connectivity index (χ2v) is 5.99. The summed E-state index contributed by atoms with van der Waals surface area (Å²) in [7, 11) is 0. The first-order valence-corrected chi connectivity index (χ1v) is 7.93. The molecule has 1 aliphatic carbocycles. The molecule has 0 radical (unpaired) electrons. The molecule has 0 bridgehead atoms. The third-order valence-corrected chi connectivity index (χ3v) is 4.54. The molecule has 1 aromatic carbocycles. The summed E-state index contributed by atoms with van der Waals surface area (Å²) in [5, 5.41) is 0. The van der Waals surface area contributed by atoms with E-state index in [2.05, 4.69) is 0 Å². The smallest absolute Gasteiger partial charge is 0.408 e. The zero-order valence-electron chi connectivity index (χ0n) is 12.4. The van der Waals surface area contributed by atoms with Crippen LogP contribution in [0.3, 0.4) is 0 Å². The molecule has 0 spiro atoms. The van der Waals surface area contributed by atoms with Gasteiger partial charge in [-0.1, -0.05) is 57.1 Å². The molecule has 4 heteroatoms. The van der Waals surface area contributed by atoms with Crippen LogP contribution in [0.1, 0.15) is 51.4 Å². The Labute approximate surface area is 131 Å². The first-order valence-electron chi connectivity index (χ1n) is 7.93. The fourth-order valence-electron chi connectivity index (χ4n) is 3.40. The van der Waals surface area contributed by atoms with Crippen LogP contribution in [0.15, 0.2) is 33.5 Å². The lowest BCUT2D eigenvalue weighted by Gasteiger charge is -2.21. The topological polar surface area (TPSA) is 35.1 Å². The summed E-state index contributed by atoms with van der Waals surface area (Å²) >= 11 is 0.